The molecule has 0 aliphatic rings. The Kier molecular flexibility index (Phi) is 7.26. The van der Waals surface area contributed by atoms with E-state index in [9.17, 15) is 0 Å². The summed E-state index contributed by atoms with van der Waals surface area (Å²) in [6.45, 7) is 0.716. The van der Waals surface area contributed by atoms with Crippen LogP contribution in [0.15, 0.2) is 29.3 Å². The Hall–Kier alpha value is -0.723. The monoisotopic (exact) mass is 301 g/mol. The van der Waals surface area contributed by atoms with Gasteiger partial charge in [0.05, 0.1) is 0 Å². The molecule has 1 rings (SSSR count). The van der Waals surface area contributed by atoms with Gasteiger partial charge in [0.25, 0.3) is 0 Å². The van der Waals surface area contributed by atoms with E-state index < -0.39 is 8.80 Å². The second kappa shape index (κ2) is 8.45. The fourth-order valence-electron chi connectivity index (χ4n) is 1.66. The number of nitrogens with zero attached hydrogens (tertiary/aromatic N) is 1. The van der Waals surface area contributed by atoms with Crippen LogP contribution in [-0.2, 0) is 13.3 Å². The molecular formula is C13H20ClNO3Si. The van der Waals surface area contributed by atoms with Crippen molar-refractivity contribution >= 4 is 26.6 Å². The third-order valence-corrected chi connectivity index (χ3v) is 5.90. The molecule has 0 bridgehead atoms. The lowest BCUT2D eigenvalue weighted by molar-refractivity contribution is 0.123. The quantitative estimate of drug-likeness (QED) is 0.421. The highest BCUT2D eigenvalue weighted by Gasteiger charge is 2.36. The highest BCUT2D eigenvalue weighted by Crippen LogP contribution is 2.14. The molecule has 0 saturated heterocycles. The minimum absolute atomic E-state index is 0.716. The molecule has 0 atom stereocenters. The molecular weight excluding hydrogens is 282 g/mol. The van der Waals surface area contributed by atoms with Crippen LogP contribution in [0.1, 0.15) is 12.0 Å². The molecule has 19 heavy (non-hydrogen) atoms. The van der Waals surface area contributed by atoms with Gasteiger partial charge in [-0.1, -0.05) is 23.7 Å². The number of halogens is 1. The molecule has 0 amide bonds. The summed E-state index contributed by atoms with van der Waals surface area (Å²) >= 11 is 5.81. The standard InChI is InChI=1S/C13H20ClNO3Si/c1-16-19(17-2,18-3)10-4-9-15-11-12-5-7-13(14)8-6-12/h5-8,11H,4,9-10H2,1-3H3. The SMILES string of the molecule is CO[Si](CCCN=Cc1ccc(Cl)cc1)(OC)OC. The summed E-state index contributed by atoms with van der Waals surface area (Å²) < 4.78 is 16.0. The normalized spacial score (nSPS) is 12.2. The summed E-state index contributed by atoms with van der Waals surface area (Å²) in [4.78, 5) is 4.36. The van der Waals surface area contributed by atoms with Crippen molar-refractivity contribution < 1.29 is 13.3 Å². The average Bonchev–Trinajstić information content (AvgIpc) is 2.45. The van der Waals surface area contributed by atoms with Crippen molar-refractivity contribution in [2.45, 2.75) is 12.5 Å². The van der Waals surface area contributed by atoms with Gasteiger partial charge >= 0.3 is 8.80 Å². The van der Waals surface area contributed by atoms with Crippen molar-refractivity contribution in [3.05, 3.63) is 34.9 Å². The van der Waals surface area contributed by atoms with Gasteiger partial charge in [-0.05, 0) is 24.1 Å². The average molecular weight is 302 g/mol. The van der Waals surface area contributed by atoms with Gasteiger partial charge in [0.2, 0.25) is 0 Å². The molecule has 6 heteroatoms. The largest absolute Gasteiger partial charge is 0.500 e. The fourth-order valence-corrected chi connectivity index (χ4v) is 3.49. The van der Waals surface area contributed by atoms with Crippen molar-refractivity contribution in [2.75, 3.05) is 27.9 Å². The maximum atomic E-state index is 5.81. The zero-order valence-corrected chi connectivity index (χ0v) is 13.3. The molecule has 1 aromatic carbocycles. The molecule has 1 aromatic rings. The first-order valence-electron chi connectivity index (χ1n) is 6.06. The van der Waals surface area contributed by atoms with E-state index in [0.29, 0.717) is 6.54 Å². The van der Waals surface area contributed by atoms with Crippen molar-refractivity contribution in [3.63, 3.8) is 0 Å². The Morgan fingerprint density at radius 3 is 2.21 bits per heavy atom. The van der Waals surface area contributed by atoms with Gasteiger partial charge in [-0.25, -0.2) is 0 Å². The smallest absolute Gasteiger partial charge is 0.377 e. The van der Waals surface area contributed by atoms with E-state index in [1.807, 2.05) is 30.5 Å². The maximum Gasteiger partial charge on any atom is 0.500 e. The van der Waals surface area contributed by atoms with E-state index in [4.69, 9.17) is 24.9 Å². The topological polar surface area (TPSA) is 40.0 Å². The Labute approximate surface area is 120 Å². The number of rotatable bonds is 8. The first kappa shape index (κ1) is 16.3. The summed E-state index contributed by atoms with van der Waals surface area (Å²) in [6.07, 6.45) is 2.71. The van der Waals surface area contributed by atoms with E-state index in [1.165, 1.54) is 0 Å². The van der Waals surface area contributed by atoms with Gasteiger partial charge in [-0.3, -0.25) is 4.99 Å². The van der Waals surface area contributed by atoms with Crippen LogP contribution < -0.4 is 0 Å². The van der Waals surface area contributed by atoms with Crippen LogP contribution in [0.4, 0.5) is 0 Å². The Bertz CT molecular complexity index is 385. The van der Waals surface area contributed by atoms with Crippen LogP contribution >= 0.6 is 11.6 Å². The van der Waals surface area contributed by atoms with Crippen LogP contribution in [-0.4, -0.2) is 42.9 Å². The zero-order valence-electron chi connectivity index (χ0n) is 11.6. The van der Waals surface area contributed by atoms with E-state index in [2.05, 4.69) is 4.99 Å². The van der Waals surface area contributed by atoms with Crippen LogP contribution in [0.2, 0.25) is 11.1 Å². The van der Waals surface area contributed by atoms with E-state index in [1.54, 1.807) is 21.3 Å². The lowest BCUT2D eigenvalue weighted by atomic mass is 10.2. The lowest BCUT2D eigenvalue weighted by Crippen LogP contribution is -2.42. The Balaban J connectivity index is 2.36. The lowest BCUT2D eigenvalue weighted by Gasteiger charge is -2.23. The van der Waals surface area contributed by atoms with Crippen molar-refractivity contribution in [1.29, 1.82) is 0 Å². The van der Waals surface area contributed by atoms with Crippen LogP contribution in [0.3, 0.4) is 0 Å². The Morgan fingerprint density at radius 2 is 1.68 bits per heavy atom. The molecule has 0 spiro atoms. The van der Waals surface area contributed by atoms with Crippen LogP contribution in [0.5, 0.6) is 0 Å². The first-order chi connectivity index (χ1) is 9.15. The fraction of sp³-hybridized carbons (Fsp3) is 0.462. The van der Waals surface area contributed by atoms with E-state index >= 15 is 0 Å². The third-order valence-electron chi connectivity index (χ3n) is 2.81. The second-order valence-electron chi connectivity index (χ2n) is 3.99. The summed E-state index contributed by atoms with van der Waals surface area (Å²) in [6, 6.07) is 8.33. The predicted molar refractivity (Wildman–Crippen MR) is 80.1 cm³/mol. The third kappa shape index (κ3) is 5.42. The minimum atomic E-state index is -2.45. The van der Waals surface area contributed by atoms with Crippen molar-refractivity contribution in [2.24, 2.45) is 4.99 Å². The summed E-state index contributed by atoms with van der Waals surface area (Å²) in [5.41, 5.74) is 1.04. The number of benzene rings is 1. The first-order valence-corrected chi connectivity index (χ1v) is 8.37. The molecule has 0 radical (unpaired) electrons. The van der Waals surface area contributed by atoms with Crippen molar-refractivity contribution in [1.82, 2.24) is 0 Å². The van der Waals surface area contributed by atoms with Gasteiger partial charge in [0.15, 0.2) is 0 Å². The van der Waals surface area contributed by atoms with Crippen molar-refractivity contribution in [3.8, 4) is 0 Å². The molecule has 0 heterocycles. The maximum absolute atomic E-state index is 5.81. The van der Waals surface area contributed by atoms with Gasteiger partial charge < -0.3 is 13.3 Å². The predicted octanol–water partition coefficient (Wildman–Crippen LogP) is 3.03. The zero-order chi connectivity index (χ0) is 14.1. The van der Waals surface area contributed by atoms with Gasteiger partial charge in [0.1, 0.15) is 0 Å². The second-order valence-corrected chi connectivity index (χ2v) is 7.51. The van der Waals surface area contributed by atoms with Crippen LogP contribution in [0, 0.1) is 0 Å². The molecule has 4 nitrogen and oxygen atoms in total. The summed E-state index contributed by atoms with van der Waals surface area (Å²) in [7, 11) is 2.42. The molecule has 0 fully saturated rings. The van der Waals surface area contributed by atoms with Crippen LogP contribution in [0.25, 0.3) is 0 Å². The van der Waals surface area contributed by atoms with E-state index in [0.717, 1.165) is 23.1 Å². The summed E-state index contributed by atoms with van der Waals surface area (Å²) in [5.74, 6) is 0. The highest BCUT2D eigenvalue weighted by molar-refractivity contribution is 6.60. The number of aliphatic imine (C=N–C) groups is 1. The van der Waals surface area contributed by atoms with Gasteiger partial charge in [0, 0.05) is 45.2 Å². The number of hydrogen-bond donors (Lipinski definition) is 0. The minimum Gasteiger partial charge on any atom is -0.377 e. The molecule has 0 aliphatic carbocycles. The van der Waals surface area contributed by atoms with Gasteiger partial charge in [-0.2, -0.15) is 0 Å². The van der Waals surface area contributed by atoms with Gasteiger partial charge in [-0.15, -0.1) is 0 Å². The molecule has 0 unspecified atom stereocenters. The molecule has 0 saturated carbocycles. The highest BCUT2D eigenvalue weighted by atomic mass is 35.5. The molecule has 0 aromatic heterocycles. The van der Waals surface area contributed by atoms with E-state index in [-0.39, 0.29) is 0 Å². The molecule has 0 aliphatic heterocycles. The molecule has 0 N–H and O–H groups in total. The molecule has 106 valence electrons. The Morgan fingerprint density at radius 1 is 1.11 bits per heavy atom. The summed E-state index contributed by atoms with van der Waals surface area (Å²) in [5, 5.41) is 0.730. The number of hydrogen-bond acceptors (Lipinski definition) is 4.